The molecule has 3 aromatic carbocycles. The largest absolute Gasteiger partial charge is 0.497 e. The molecule has 0 aromatic heterocycles. The van der Waals surface area contributed by atoms with Gasteiger partial charge < -0.3 is 10.1 Å². The number of aryl methyl sites for hydroxylation is 1. The van der Waals surface area contributed by atoms with E-state index < -0.39 is 0 Å². The molecule has 1 N–H and O–H groups in total. The highest BCUT2D eigenvalue weighted by Crippen LogP contribution is 2.31. The van der Waals surface area contributed by atoms with Crippen molar-refractivity contribution in [3.8, 4) is 5.75 Å². The maximum Gasteiger partial charge on any atom is 0.255 e. The number of rotatable bonds is 10. The lowest BCUT2D eigenvalue weighted by molar-refractivity contribution is 0.0996. The quantitative estimate of drug-likeness (QED) is 0.241. The Hall–Kier alpha value is -3.73. The molecule has 0 aliphatic carbocycles. The van der Waals surface area contributed by atoms with Crippen LogP contribution in [0.1, 0.15) is 83.9 Å². The Kier molecular flexibility index (Phi) is 8.22. The summed E-state index contributed by atoms with van der Waals surface area (Å²) in [6.45, 7) is 6.36. The lowest BCUT2D eigenvalue weighted by Gasteiger charge is -2.29. The topological polar surface area (TPSA) is 67.8 Å². The van der Waals surface area contributed by atoms with Crippen LogP contribution >= 0.6 is 0 Å². The van der Waals surface area contributed by atoms with E-state index in [1.165, 1.54) is 24.0 Å². The maximum atomic E-state index is 13.3. The number of ether oxygens (including phenoxy) is 1. The van der Waals surface area contributed by atoms with E-state index in [2.05, 4.69) is 32.2 Å². The van der Waals surface area contributed by atoms with E-state index in [-0.39, 0.29) is 23.7 Å². The van der Waals surface area contributed by atoms with Crippen molar-refractivity contribution in [1.82, 2.24) is 0 Å². The summed E-state index contributed by atoms with van der Waals surface area (Å²) in [5, 5.41) is 2.93. The minimum absolute atomic E-state index is 0.0437. The molecular weight excluding hydrogens is 460 g/mol. The van der Waals surface area contributed by atoms with Gasteiger partial charge in [-0.1, -0.05) is 50.1 Å². The average Bonchev–Trinajstić information content (AvgIpc) is 2.88. The summed E-state index contributed by atoms with van der Waals surface area (Å²) >= 11 is 0. The number of hydrogen-bond donors (Lipinski definition) is 1. The van der Waals surface area contributed by atoms with Gasteiger partial charge in [0.2, 0.25) is 0 Å². The summed E-state index contributed by atoms with van der Waals surface area (Å²) in [5.41, 5.74) is 5.60. The number of carbonyl (C=O) groups is 2. The van der Waals surface area contributed by atoms with E-state index in [4.69, 9.17) is 9.73 Å². The van der Waals surface area contributed by atoms with Gasteiger partial charge in [0.25, 0.3) is 5.91 Å². The van der Waals surface area contributed by atoms with Gasteiger partial charge in [-0.3, -0.25) is 14.6 Å². The SMILES string of the molecule is CCCCCc1ccc(C(=O)Nc2cccc(C(=O)CC3=NC(C)(C)Cc4ccc(OC)cc43)c2)cc1. The maximum absolute atomic E-state index is 13.3. The summed E-state index contributed by atoms with van der Waals surface area (Å²) in [4.78, 5) is 31.1. The van der Waals surface area contributed by atoms with Crippen molar-refractivity contribution in [2.24, 2.45) is 4.99 Å². The van der Waals surface area contributed by atoms with Crippen molar-refractivity contribution in [3.05, 3.63) is 94.5 Å². The lowest BCUT2D eigenvalue weighted by atomic mass is 9.85. The van der Waals surface area contributed by atoms with Crippen LogP contribution in [0.5, 0.6) is 5.75 Å². The molecule has 0 unspecified atom stereocenters. The number of unbranched alkanes of at least 4 members (excludes halogenated alkanes) is 2. The Morgan fingerprint density at radius 3 is 2.49 bits per heavy atom. The number of aliphatic imine (C=N–C) groups is 1. The van der Waals surface area contributed by atoms with E-state index in [1.807, 2.05) is 36.4 Å². The fourth-order valence-electron chi connectivity index (χ4n) is 4.80. The van der Waals surface area contributed by atoms with Gasteiger partial charge in [-0.2, -0.15) is 0 Å². The highest BCUT2D eigenvalue weighted by atomic mass is 16.5. The van der Waals surface area contributed by atoms with Gasteiger partial charge in [0.15, 0.2) is 5.78 Å². The predicted molar refractivity (Wildman–Crippen MR) is 150 cm³/mol. The number of carbonyl (C=O) groups excluding carboxylic acids is 2. The highest BCUT2D eigenvalue weighted by Gasteiger charge is 2.28. The minimum atomic E-state index is -0.279. The first-order valence-corrected chi connectivity index (χ1v) is 13.1. The van der Waals surface area contributed by atoms with Crippen LogP contribution in [0.3, 0.4) is 0 Å². The van der Waals surface area contributed by atoms with Crippen LogP contribution in [0.2, 0.25) is 0 Å². The van der Waals surface area contributed by atoms with Gasteiger partial charge in [-0.05, 0) is 80.6 Å². The third kappa shape index (κ3) is 6.73. The molecule has 5 nitrogen and oxygen atoms in total. The normalized spacial score (nSPS) is 13.9. The van der Waals surface area contributed by atoms with Crippen LogP contribution in [0, 0.1) is 0 Å². The number of hydrogen-bond acceptors (Lipinski definition) is 4. The molecule has 0 radical (unpaired) electrons. The third-order valence-electron chi connectivity index (χ3n) is 6.74. The predicted octanol–water partition coefficient (Wildman–Crippen LogP) is 7.08. The number of Topliss-reactive ketones (excluding diaryl/α,β-unsaturated/α-hetero) is 1. The van der Waals surface area contributed by atoms with Gasteiger partial charge in [0, 0.05) is 22.4 Å². The second-order valence-electron chi connectivity index (χ2n) is 10.4. The molecule has 1 amide bonds. The van der Waals surface area contributed by atoms with E-state index in [0.29, 0.717) is 16.8 Å². The zero-order valence-corrected chi connectivity index (χ0v) is 22.3. The Bertz CT molecular complexity index is 1310. The summed E-state index contributed by atoms with van der Waals surface area (Å²) in [6.07, 6.45) is 5.58. The fraction of sp³-hybridized carbons (Fsp3) is 0.344. The number of methoxy groups -OCH3 is 1. The van der Waals surface area contributed by atoms with Crippen LogP contribution in [-0.2, 0) is 12.8 Å². The summed E-state index contributed by atoms with van der Waals surface area (Å²) < 4.78 is 5.41. The van der Waals surface area contributed by atoms with Crippen molar-refractivity contribution in [2.75, 3.05) is 12.4 Å². The number of fused-ring (bicyclic) bond motifs is 1. The molecule has 0 bridgehead atoms. The molecular formula is C32H36N2O3. The Morgan fingerprint density at radius 1 is 0.973 bits per heavy atom. The summed E-state index contributed by atoms with van der Waals surface area (Å²) in [5.74, 6) is 0.513. The van der Waals surface area contributed by atoms with Crippen molar-refractivity contribution < 1.29 is 14.3 Å². The zero-order chi connectivity index (χ0) is 26.4. The molecule has 5 heteroatoms. The molecule has 0 fully saturated rings. The van der Waals surface area contributed by atoms with Crippen molar-refractivity contribution in [1.29, 1.82) is 0 Å². The van der Waals surface area contributed by atoms with Gasteiger partial charge in [0.1, 0.15) is 5.75 Å². The van der Waals surface area contributed by atoms with E-state index >= 15 is 0 Å². The molecule has 0 saturated heterocycles. The molecule has 0 atom stereocenters. The van der Waals surface area contributed by atoms with Crippen molar-refractivity contribution in [3.63, 3.8) is 0 Å². The molecule has 1 heterocycles. The number of ketones is 1. The number of nitrogens with zero attached hydrogens (tertiary/aromatic N) is 1. The average molecular weight is 497 g/mol. The zero-order valence-electron chi connectivity index (χ0n) is 22.3. The molecule has 192 valence electrons. The van der Waals surface area contributed by atoms with Gasteiger partial charge in [0.05, 0.1) is 24.8 Å². The van der Waals surface area contributed by atoms with Gasteiger partial charge in [-0.25, -0.2) is 0 Å². The van der Waals surface area contributed by atoms with E-state index in [1.54, 1.807) is 31.4 Å². The molecule has 0 spiro atoms. The number of amides is 1. The molecule has 0 saturated carbocycles. The molecule has 1 aliphatic heterocycles. The summed E-state index contributed by atoms with van der Waals surface area (Å²) in [6, 6.07) is 20.8. The standard InChI is InChI=1S/C32H36N2O3/c1-5-6-7-9-22-12-14-23(15-13-22)31(36)33-26-11-8-10-24(18-26)30(35)20-29-28-19-27(37-4)17-16-25(28)21-32(2,3)34-29/h8,10-19H,5-7,9,20-21H2,1-4H3,(H,33,36). The van der Waals surface area contributed by atoms with E-state index in [9.17, 15) is 9.59 Å². The van der Waals surface area contributed by atoms with Crippen LogP contribution in [0.4, 0.5) is 5.69 Å². The first kappa shape index (κ1) is 26.3. The third-order valence-corrected chi connectivity index (χ3v) is 6.74. The number of nitrogens with one attached hydrogen (secondary N) is 1. The number of anilines is 1. The van der Waals surface area contributed by atoms with Gasteiger partial charge in [-0.15, -0.1) is 0 Å². The van der Waals surface area contributed by atoms with Gasteiger partial charge >= 0.3 is 0 Å². The fourth-order valence-corrected chi connectivity index (χ4v) is 4.80. The highest BCUT2D eigenvalue weighted by molar-refractivity contribution is 6.17. The lowest BCUT2D eigenvalue weighted by Crippen LogP contribution is -2.30. The Labute approximate surface area is 220 Å². The van der Waals surface area contributed by atoms with E-state index in [0.717, 1.165) is 36.3 Å². The second kappa shape index (κ2) is 11.5. The first-order chi connectivity index (χ1) is 17.8. The smallest absolute Gasteiger partial charge is 0.255 e. The monoisotopic (exact) mass is 496 g/mol. The first-order valence-electron chi connectivity index (χ1n) is 13.1. The summed E-state index contributed by atoms with van der Waals surface area (Å²) in [7, 11) is 1.64. The van der Waals surface area contributed by atoms with Crippen LogP contribution in [0.15, 0.2) is 71.7 Å². The van der Waals surface area contributed by atoms with Crippen LogP contribution < -0.4 is 10.1 Å². The number of benzene rings is 3. The second-order valence-corrected chi connectivity index (χ2v) is 10.4. The van der Waals surface area contributed by atoms with Crippen molar-refractivity contribution in [2.45, 2.75) is 64.8 Å². The van der Waals surface area contributed by atoms with Crippen LogP contribution in [-0.4, -0.2) is 30.1 Å². The molecule has 3 aromatic rings. The Balaban J connectivity index is 1.46. The van der Waals surface area contributed by atoms with Crippen LogP contribution in [0.25, 0.3) is 0 Å². The molecule has 37 heavy (non-hydrogen) atoms. The Morgan fingerprint density at radius 2 is 1.76 bits per heavy atom. The minimum Gasteiger partial charge on any atom is -0.497 e. The molecule has 4 rings (SSSR count). The van der Waals surface area contributed by atoms with Crippen molar-refractivity contribution >= 4 is 23.1 Å². The molecule has 1 aliphatic rings.